The van der Waals surface area contributed by atoms with Crippen LogP contribution in [-0.4, -0.2) is 55.3 Å². The number of nitrogens with one attached hydrogen (secondary N) is 1. The minimum absolute atomic E-state index is 0.0212. The van der Waals surface area contributed by atoms with E-state index in [4.69, 9.17) is 13.9 Å². The van der Waals surface area contributed by atoms with Gasteiger partial charge < -0.3 is 28.7 Å². The average molecular weight is 496 g/mol. The number of rotatable bonds is 7. The van der Waals surface area contributed by atoms with Crippen LogP contribution in [0.15, 0.2) is 41.0 Å². The summed E-state index contributed by atoms with van der Waals surface area (Å²) in [5.41, 5.74) is 3.07. The molecule has 3 aromatic rings. The molecule has 0 saturated heterocycles. The first-order chi connectivity index (χ1) is 17.5. The lowest BCUT2D eigenvalue weighted by atomic mass is 9.95. The first-order valence-electron chi connectivity index (χ1n) is 13.2. The lowest BCUT2D eigenvalue weighted by molar-refractivity contribution is 0.0378. The Morgan fingerprint density at radius 2 is 1.69 bits per heavy atom. The maximum Gasteiger partial charge on any atom is 0.271 e. The molecule has 0 radical (unpaired) electrons. The van der Waals surface area contributed by atoms with Crippen LogP contribution in [0.25, 0.3) is 11.1 Å². The van der Waals surface area contributed by atoms with Crippen LogP contribution in [0.1, 0.15) is 67.9 Å². The second kappa shape index (κ2) is 11.9. The maximum atomic E-state index is 13.4. The fraction of sp³-hybridized carbons (Fsp3) is 0.552. The highest BCUT2D eigenvalue weighted by molar-refractivity contribution is 5.99. The Balaban J connectivity index is 0.000000375. The van der Waals surface area contributed by atoms with Gasteiger partial charge in [0.15, 0.2) is 5.58 Å². The van der Waals surface area contributed by atoms with Crippen LogP contribution in [-0.2, 0) is 13.0 Å². The molecule has 2 aliphatic rings. The van der Waals surface area contributed by atoms with Crippen molar-refractivity contribution in [3.63, 3.8) is 0 Å². The molecule has 1 atom stereocenters. The molecule has 1 aliphatic carbocycles. The maximum absolute atomic E-state index is 13.4. The average Bonchev–Trinajstić information content (AvgIpc) is 3.34. The Kier molecular flexibility index (Phi) is 8.62. The van der Waals surface area contributed by atoms with E-state index in [0.717, 1.165) is 28.2 Å². The number of likely N-dealkylation sites (N-methyl/N-ethyl adjacent to an activating group) is 1. The molecule has 5 rings (SSSR count). The molecule has 1 amide bonds. The van der Waals surface area contributed by atoms with E-state index in [2.05, 4.69) is 16.8 Å². The lowest BCUT2D eigenvalue weighted by Gasteiger charge is -2.45. The summed E-state index contributed by atoms with van der Waals surface area (Å²) in [6.45, 7) is 4.11. The zero-order valence-corrected chi connectivity index (χ0v) is 22.3. The SMILES string of the molecule is C1CCCCCC1.CNCC1(C)Cn2c(cc3occc32)C(=O)N1CCc1ccc(OC)cc1OC. The molecule has 1 aromatic carbocycles. The van der Waals surface area contributed by atoms with Gasteiger partial charge in [0.05, 0.1) is 31.5 Å². The van der Waals surface area contributed by atoms with E-state index in [1.165, 1.54) is 44.9 Å². The third-order valence-electron chi connectivity index (χ3n) is 7.54. The van der Waals surface area contributed by atoms with Crippen LogP contribution in [0.2, 0.25) is 0 Å². The molecule has 1 unspecified atom stereocenters. The third kappa shape index (κ3) is 5.56. The highest BCUT2D eigenvalue weighted by atomic mass is 16.5. The van der Waals surface area contributed by atoms with Crippen molar-refractivity contribution in [2.24, 2.45) is 0 Å². The number of methoxy groups -OCH3 is 2. The van der Waals surface area contributed by atoms with Crippen molar-refractivity contribution in [3.8, 4) is 11.5 Å². The van der Waals surface area contributed by atoms with Gasteiger partial charge in [0.25, 0.3) is 5.91 Å². The Morgan fingerprint density at radius 3 is 2.31 bits per heavy atom. The molecule has 36 heavy (non-hydrogen) atoms. The fourth-order valence-electron chi connectivity index (χ4n) is 5.57. The van der Waals surface area contributed by atoms with Crippen molar-refractivity contribution >= 4 is 17.0 Å². The summed E-state index contributed by atoms with van der Waals surface area (Å²) in [6, 6.07) is 9.56. The van der Waals surface area contributed by atoms with Gasteiger partial charge in [-0.1, -0.05) is 51.0 Å². The first kappa shape index (κ1) is 26.1. The molecule has 0 spiro atoms. The summed E-state index contributed by atoms with van der Waals surface area (Å²) in [7, 11) is 5.20. The number of amides is 1. The van der Waals surface area contributed by atoms with Gasteiger partial charge in [-0.2, -0.15) is 0 Å². The van der Waals surface area contributed by atoms with E-state index in [1.54, 1.807) is 20.5 Å². The minimum atomic E-state index is -0.359. The second-order valence-corrected chi connectivity index (χ2v) is 10.2. The zero-order valence-electron chi connectivity index (χ0n) is 22.3. The molecule has 1 aliphatic heterocycles. The molecular weight excluding hydrogens is 454 g/mol. The van der Waals surface area contributed by atoms with Crippen LogP contribution >= 0.6 is 0 Å². The molecule has 1 N–H and O–H groups in total. The highest BCUT2D eigenvalue weighted by Crippen LogP contribution is 2.33. The first-order valence-corrected chi connectivity index (χ1v) is 13.2. The highest BCUT2D eigenvalue weighted by Gasteiger charge is 2.42. The summed E-state index contributed by atoms with van der Waals surface area (Å²) in [5, 5.41) is 3.26. The van der Waals surface area contributed by atoms with Crippen molar-refractivity contribution in [2.45, 2.75) is 70.4 Å². The van der Waals surface area contributed by atoms with E-state index in [9.17, 15) is 4.79 Å². The predicted octanol–water partition coefficient (Wildman–Crippen LogP) is 5.66. The van der Waals surface area contributed by atoms with Crippen molar-refractivity contribution < 1.29 is 18.7 Å². The number of fused-ring (bicyclic) bond motifs is 3. The third-order valence-corrected chi connectivity index (χ3v) is 7.54. The number of benzene rings is 1. The lowest BCUT2D eigenvalue weighted by Crippen LogP contribution is -2.61. The van der Waals surface area contributed by atoms with Gasteiger partial charge in [0, 0.05) is 37.8 Å². The Hall–Kier alpha value is -2.93. The molecule has 3 heterocycles. The molecule has 196 valence electrons. The number of carbonyl (C=O) groups is 1. The Labute approximate surface area is 214 Å². The number of aromatic nitrogens is 1. The van der Waals surface area contributed by atoms with Crippen LogP contribution in [0, 0.1) is 0 Å². The smallest absolute Gasteiger partial charge is 0.271 e. The van der Waals surface area contributed by atoms with E-state index in [0.29, 0.717) is 31.7 Å². The summed E-state index contributed by atoms with van der Waals surface area (Å²) in [5.74, 6) is 1.54. The van der Waals surface area contributed by atoms with Crippen LogP contribution in [0.5, 0.6) is 11.5 Å². The number of carbonyl (C=O) groups excluding carboxylic acids is 1. The van der Waals surface area contributed by atoms with Gasteiger partial charge in [0.2, 0.25) is 0 Å². The van der Waals surface area contributed by atoms with E-state index < -0.39 is 0 Å². The number of ether oxygens (including phenoxy) is 2. The van der Waals surface area contributed by atoms with Gasteiger partial charge in [0.1, 0.15) is 17.2 Å². The zero-order chi connectivity index (χ0) is 25.5. The van der Waals surface area contributed by atoms with Crippen molar-refractivity contribution in [2.75, 3.05) is 34.4 Å². The van der Waals surface area contributed by atoms with Gasteiger partial charge in [-0.25, -0.2) is 0 Å². The van der Waals surface area contributed by atoms with E-state index in [-0.39, 0.29) is 11.4 Å². The van der Waals surface area contributed by atoms with Crippen molar-refractivity contribution in [1.82, 2.24) is 14.8 Å². The Bertz CT molecular complexity index is 1130. The fourth-order valence-corrected chi connectivity index (χ4v) is 5.57. The van der Waals surface area contributed by atoms with E-state index in [1.807, 2.05) is 42.3 Å². The van der Waals surface area contributed by atoms with Gasteiger partial charge in [-0.15, -0.1) is 0 Å². The van der Waals surface area contributed by atoms with Gasteiger partial charge in [-0.05, 0) is 32.0 Å². The molecule has 1 fully saturated rings. The minimum Gasteiger partial charge on any atom is -0.497 e. The van der Waals surface area contributed by atoms with Crippen LogP contribution in [0.3, 0.4) is 0 Å². The van der Waals surface area contributed by atoms with Crippen molar-refractivity contribution in [1.29, 1.82) is 0 Å². The quantitative estimate of drug-likeness (QED) is 0.429. The molecule has 7 nitrogen and oxygen atoms in total. The van der Waals surface area contributed by atoms with Crippen molar-refractivity contribution in [3.05, 3.63) is 47.9 Å². The molecule has 1 saturated carbocycles. The number of hydrogen-bond donors (Lipinski definition) is 1. The second-order valence-electron chi connectivity index (χ2n) is 10.2. The normalized spacial score (nSPS) is 19.9. The van der Waals surface area contributed by atoms with E-state index >= 15 is 0 Å². The van der Waals surface area contributed by atoms with Gasteiger partial charge in [-0.3, -0.25) is 4.79 Å². The predicted molar refractivity (Wildman–Crippen MR) is 143 cm³/mol. The summed E-state index contributed by atoms with van der Waals surface area (Å²) in [6.07, 6.45) is 12.9. The summed E-state index contributed by atoms with van der Waals surface area (Å²) in [4.78, 5) is 15.4. The molecular formula is C29H41N3O4. The molecule has 7 heteroatoms. The summed E-state index contributed by atoms with van der Waals surface area (Å²) >= 11 is 0. The Morgan fingerprint density at radius 1 is 1.00 bits per heavy atom. The standard InChI is InChI=1S/C22H27N3O4.C7H14/c1-22(13-23-2)14-24-17-8-10-29-20(17)12-18(24)21(26)25(22)9-7-15-5-6-16(27-3)11-19(15)28-4;1-2-4-6-7-5-3-1/h5-6,8,10-12,23H,7,9,13-14H2,1-4H3;1-7H2. The topological polar surface area (TPSA) is 68.9 Å². The van der Waals surface area contributed by atoms with Gasteiger partial charge >= 0.3 is 0 Å². The monoisotopic (exact) mass is 495 g/mol. The number of nitrogens with zero attached hydrogens (tertiary/aromatic N) is 2. The molecule has 2 aromatic heterocycles. The summed E-state index contributed by atoms with van der Waals surface area (Å²) < 4.78 is 18.4. The number of hydrogen-bond acceptors (Lipinski definition) is 5. The number of furan rings is 1. The van der Waals surface area contributed by atoms with Crippen LogP contribution < -0.4 is 14.8 Å². The van der Waals surface area contributed by atoms with Crippen LogP contribution in [0.4, 0.5) is 0 Å². The largest absolute Gasteiger partial charge is 0.497 e. The molecule has 0 bridgehead atoms.